The smallest absolute Gasteiger partial charge is 0.756 e. The van der Waals surface area contributed by atoms with E-state index in [9.17, 15) is 146 Å². The predicted octanol–water partition coefficient (Wildman–Crippen LogP) is 0.286. The molecule has 0 amide bonds. The molecule has 0 aliphatic rings. The summed E-state index contributed by atoms with van der Waals surface area (Å²) in [5.74, 6) is -20.9. The van der Waals surface area contributed by atoms with Gasteiger partial charge in [-0.2, -0.15) is 0 Å². The Morgan fingerprint density at radius 3 is 0.549 bits per heavy atom. The Labute approximate surface area is 843 Å². The molecule has 0 aliphatic heterocycles. The number of aliphatic carboxylic acids is 15. The van der Waals surface area contributed by atoms with Gasteiger partial charge < -0.3 is 118 Å². The molecule has 6 aromatic rings. The molecule has 779 valence electrons. The van der Waals surface area contributed by atoms with Gasteiger partial charge in [0.05, 0.1) is 138 Å². The second-order valence-electron chi connectivity index (χ2n) is 31.1. The molecule has 55 heteroatoms. The Morgan fingerprint density at radius 1 is 0.225 bits per heavy atom. The maximum atomic E-state index is 12.6. The molecule has 0 fully saturated rings. The zero-order valence-corrected chi connectivity index (χ0v) is 81.1. The van der Waals surface area contributed by atoms with Gasteiger partial charge in [-0.05, 0) is 69.3 Å². The van der Waals surface area contributed by atoms with E-state index >= 15 is 0 Å². The molecule has 0 heterocycles. The fraction of sp³-hybridized carbons (Fsp3) is 0.414. The Kier molecular flexibility index (Phi) is 57.8. The van der Waals surface area contributed by atoms with E-state index in [1.807, 2.05) is 127 Å². The van der Waals surface area contributed by atoms with E-state index < -0.39 is 269 Å². The summed E-state index contributed by atoms with van der Waals surface area (Å²) in [4.78, 5) is 218. The molecule has 15 N–H and O–H groups in total. The summed E-state index contributed by atoms with van der Waals surface area (Å²) in [6.45, 7) is -17.8. The SMILES string of the molecule is O=C(O)CN(CCN(CC(=O)O)CC(COP(=O)([O-])OCCc1ccc(-c2ccccc2)cc1)N(CC(=O)O)CC(=O)O)CC(=O)O.O=C(O)CN(CCN(CC(=O)O)CC(COP(=O)([O-])OCCc1ccc(-c2ccccc2)cc1)N(CC(=O)O)CC(=O)O)CC(=O)O.O=C(O)CN(CCN(CC(=O)O)CC(COP(=O)([O-])OCCc1ccc(-c2ccccc2)cc1)N(CC(=O)O)CC(=O)O)CC(=O)O.[Gd+3]. The van der Waals surface area contributed by atoms with Gasteiger partial charge in [0, 0.05) is 77.0 Å². The molecule has 142 heavy (non-hydrogen) atoms. The molecule has 1 radical (unpaired) electrons. The van der Waals surface area contributed by atoms with Crippen LogP contribution in [0.15, 0.2) is 164 Å². The summed E-state index contributed by atoms with van der Waals surface area (Å²) in [7, 11) is -15.1. The second kappa shape index (κ2) is 65.8. The van der Waals surface area contributed by atoms with E-state index in [0.717, 1.165) is 94.2 Å². The third-order valence-corrected chi connectivity index (χ3v) is 22.7. The van der Waals surface area contributed by atoms with E-state index in [1.54, 1.807) is 36.4 Å². The fourth-order valence-corrected chi connectivity index (χ4v) is 15.8. The molecular weight excluding hydrogens is 2090 g/mol. The monoisotopic (exact) mass is 2200 g/mol. The van der Waals surface area contributed by atoms with Crippen LogP contribution in [0.25, 0.3) is 33.4 Å². The van der Waals surface area contributed by atoms with Gasteiger partial charge >= 0.3 is 129 Å². The van der Waals surface area contributed by atoms with Crippen molar-refractivity contribution in [2.75, 3.05) is 197 Å². The van der Waals surface area contributed by atoms with Crippen molar-refractivity contribution < 1.29 is 244 Å². The Bertz CT molecular complexity index is 4590. The van der Waals surface area contributed by atoms with Gasteiger partial charge in [-0.3, -0.25) is 130 Å². The van der Waals surface area contributed by atoms with Crippen LogP contribution in [-0.2, 0) is 132 Å². The molecule has 6 aromatic carbocycles. The van der Waals surface area contributed by atoms with E-state index in [-0.39, 0.29) is 118 Å². The standard InChI is InChI=1S/3C29H38N3O14P.Gd/c3*33-25(34)15-30(11-12-31(16-26(35)36)17-27(37)38)14-24(32(18-28(39)40)19-29(41)42)20-46-47(43,44)45-13-10-21-6-8-23(9-7-21)22-4-2-1-3-5-22;/h3*1-9,24H,10-20H2,(H,33,34)(H,35,36)(H,37,38)(H,39,40)(H,41,42)(H,43,44);/q;;;+3/p-3. The summed E-state index contributed by atoms with van der Waals surface area (Å²) in [5, 5.41) is 139. The van der Waals surface area contributed by atoms with Gasteiger partial charge in [0.15, 0.2) is 0 Å². The molecule has 6 rings (SSSR count). The summed E-state index contributed by atoms with van der Waals surface area (Å²) >= 11 is 0. The van der Waals surface area contributed by atoms with Gasteiger partial charge in [-0.15, -0.1) is 0 Å². The second-order valence-corrected chi connectivity index (χ2v) is 35.3. The number of phosphoric ester groups is 3. The topological polar surface area (TPSA) is 764 Å². The van der Waals surface area contributed by atoms with E-state index in [0.29, 0.717) is 0 Å². The quantitative estimate of drug-likeness (QED) is 0.0228. The van der Waals surface area contributed by atoms with Gasteiger partial charge in [-0.25, -0.2) is 0 Å². The minimum absolute atomic E-state index is 0. The molecular formula is C87H111GdN9O42P3. The van der Waals surface area contributed by atoms with Crippen molar-refractivity contribution in [1.82, 2.24) is 44.1 Å². The third kappa shape index (κ3) is 56.5. The van der Waals surface area contributed by atoms with Crippen LogP contribution in [0.4, 0.5) is 0 Å². The van der Waals surface area contributed by atoms with Crippen molar-refractivity contribution in [1.29, 1.82) is 0 Å². The number of carboxylic acids is 15. The van der Waals surface area contributed by atoms with Crippen molar-refractivity contribution in [3.8, 4) is 33.4 Å². The van der Waals surface area contributed by atoms with Gasteiger partial charge in [0.2, 0.25) is 0 Å². The minimum Gasteiger partial charge on any atom is -0.756 e. The van der Waals surface area contributed by atoms with Crippen LogP contribution in [0.2, 0.25) is 0 Å². The van der Waals surface area contributed by atoms with Crippen molar-refractivity contribution in [2.24, 2.45) is 0 Å². The number of hydrogen-bond donors (Lipinski definition) is 15. The Morgan fingerprint density at radius 2 is 0.380 bits per heavy atom. The predicted molar refractivity (Wildman–Crippen MR) is 485 cm³/mol. The first-order valence-electron chi connectivity index (χ1n) is 42.5. The zero-order chi connectivity index (χ0) is 105. The molecule has 0 saturated carbocycles. The van der Waals surface area contributed by atoms with Gasteiger partial charge in [0.25, 0.3) is 23.5 Å². The van der Waals surface area contributed by atoms with Crippen LogP contribution in [0.1, 0.15) is 16.7 Å². The number of nitrogens with zero attached hydrogens (tertiary/aromatic N) is 9. The summed E-state index contributed by atoms with van der Waals surface area (Å²) in [6, 6.07) is 46.8. The van der Waals surface area contributed by atoms with Gasteiger partial charge in [-0.1, -0.05) is 164 Å². The summed E-state index contributed by atoms with van der Waals surface area (Å²) in [5.41, 5.74) is 8.17. The molecule has 0 spiro atoms. The maximum absolute atomic E-state index is 12.6. The first-order chi connectivity index (χ1) is 66.4. The van der Waals surface area contributed by atoms with Crippen LogP contribution >= 0.6 is 23.5 Å². The molecule has 6 atom stereocenters. The average Bonchev–Trinajstić information content (AvgIpc) is 0.871. The molecule has 51 nitrogen and oxygen atoms in total. The van der Waals surface area contributed by atoms with E-state index in [2.05, 4.69) is 0 Å². The normalized spacial score (nSPS) is 13.3. The maximum Gasteiger partial charge on any atom is 3.00 e. The first-order valence-corrected chi connectivity index (χ1v) is 46.8. The zero-order valence-electron chi connectivity index (χ0n) is 76.1. The largest absolute Gasteiger partial charge is 3.00 e. The number of phosphoric acid groups is 3. The molecule has 0 aromatic heterocycles. The summed E-state index contributed by atoms with van der Waals surface area (Å²) in [6.07, 6.45) is 0.565. The van der Waals surface area contributed by atoms with Crippen molar-refractivity contribution in [3.63, 3.8) is 0 Å². The average molecular weight is 2210 g/mol. The van der Waals surface area contributed by atoms with E-state index in [4.69, 9.17) is 57.8 Å². The molecule has 0 bridgehead atoms. The van der Waals surface area contributed by atoms with Crippen LogP contribution in [0.5, 0.6) is 0 Å². The van der Waals surface area contributed by atoms with E-state index in [1.165, 1.54) is 0 Å². The molecule has 0 saturated heterocycles. The van der Waals surface area contributed by atoms with Crippen molar-refractivity contribution in [2.45, 2.75) is 37.4 Å². The number of carboxylic acid groups (broad SMARTS) is 15. The van der Waals surface area contributed by atoms with Gasteiger partial charge in [0.1, 0.15) is 0 Å². The number of benzene rings is 6. The number of carbonyl (C=O) groups is 15. The Balaban J connectivity index is 0.000000546. The Hall–Kier alpha value is -11.3. The third-order valence-electron chi connectivity index (χ3n) is 19.8. The van der Waals surface area contributed by atoms with Crippen LogP contribution in [0.3, 0.4) is 0 Å². The molecule has 6 unspecified atom stereocenters. The first kappa shape index (κ1) is 125. The van der Waals surface area contributed by atoms with Crippen LogP contribution < -0.4 is 14.7 Å². The summed E-state index contributed by atoms with van der Waals surface area (Å²) < 4.78 is 67.8. The fourth-order valence-electron chi connectivity index (χ4n) is 13.6. The van der Waals surface area contributed by atoms with Crippen LogP contribution in [-0.4, -0.2) is 425 Å². The molecule has 0 aliphatic carbocycles. The minimum atomic E-state index is -5.03. The number of rotatable bonds is 72. The number of hydrogen-bond acceptors (Lipinski definition) is 36. The van der Waals surface area contributed by atoms with Crippen molar-refractivity contribution >= 4 is 113 Å². The van der Waals surface area contributed by atoms with Crippen LogP contribution in [0, 0.1) is 39.9 Å². The van der Waals surface area contributed by atoms with Crippen molar-refractivity contribution in [3.05, 3.63) is 180 Å².